The highest BCUT2D eigenvalue weighted by Gasteiger charge is 2.50. The standard InChI is InChI=1S/C26H26FN5O2.C8H13NO/c1-17-14-22-21(19-7-3-4-8-23(19)34-2)15-20(25(27)26(22)29-17)18-6-5-11-31(16-18)24(33)9-12-32-13-10-28-30-32;1-7-2-8(3-7)4-9(5-8)6-10/h3-4,6-8,10,13-15,29H,5,9,11-12,16H2,1-2H3;6-7H,2-5H2,1H3. The van der Waals surface area contributed by atoms with E-state index in [4.69, 9.17) is 4.74 Å². The summed E-state index contributed by atoms with van der Waals surface area (Å²) in [6.07, 6.45) is 10.0. The van der Waals surface area contributed by atoms with Crippen LogP contribution < -0.4 is 4.74 Å². The third-order valence-electron chi connectivity index (χ3n) is 9.05. The molecule has 9 nitrogen and oxygen atoms in total. The predicted molar refractivity (Wildman–Crippen MR) is 167 cm³/mol. The zero-order valence-corrected chi connectivity index (χ0v) is 25.6. The first-order chi connectivity index (χ1) is 21.3. The van der Waals surface area contributed by atoms with Crippen LogP contribution in [0.25, 0.3) is 27.6 Å². The van der Waals surface area contributed by atoms with Crippen molar-refractivity contribution < 1.29 is 18.7 Å². The van der Waals surface area contributed by atoms with Gasteiger partial charge in [0.15, 0.2) is 5.82 Å². The second kappa shape index (κ2) is 12.3. The number of ether oxygens (including phenoxy) is 1. The Morgan fingerprint density at radius 1 is 1.18 bits per heavy atom. The molecule has 4 aromatic rings. The number of rotatable bonds is 7. The van der Waals surface area contributed by atoms with Crippen molar-refractivity contribution in [3.63, 3.8) is 0 Å². The van der Waals surface area contributed by atoms with Crippen LogP contribution in [0.5, 0.6) is 5.75 Å². The molecule has 2 aromatic carbocycles. The Bertz CT molecular complexity index is 1680. The molecule has 2 aromatic heterocycles. The zero-order valence-electron chi connectivity index (χ0n) is 25.6. The van der Waals surface area contributed by atoms with Gasteiger partial charge < -0.3 is 19.5 Å². The van der Waals surface area contributed by atoms with Crippen LogP contribution in [0.2, 0.25) is 0 Å². The lowest BCUT2D eigenvalue weighted by atomic mass is 9.58. The van der Waals surface area contributed by atoms with Crippen molar-refractivity contribution in [3.05, 3.63) is 71.9 Å². The molecule has 0 radical (unpaired) electrons. The fraction of sp³-hybridized carbons (Fsp3) is 0.412. The molecule has 230 valence electrons. The quantitative estimate of drug-likeness (QED) is 0.285. The minimum absolute atomic E-state index is 0.0169. The lowest BCUT2D eigenvalue weighted by Crippen LogP contribution is -2.61. The van der Waals surface area contributed by atoms with Crippen LogP contribution in [0.15, 0.2) is 54.9 Å². The zero-order chi connectivity index (χ0) is 30.8. The first-order valence-corrected chi connectivity index (χ1v) is 15.2. The van der Waals surface area contributed by atoms with Crippen molar-refractivity contribution in [1.29, 1.82) is 0 Å². The highest BCUT2D eigenvalue weighted by Crippen LogP contribution is 2.51. The van der Waals surface area contributed by atoms with Gasteiger partial charge in [-0.2, -0.15) is 0 Å². The van der Waals surface area contributed by atoms with Crippen LogP contribution in [0, 0.1) is 24.1 Å². The Morgan fingerprint density at radius 3 is 2.68 bits per heavy atom. The fourth-order valence-corrected chi connectivity index (χ4v) is 7.16. The first-order valence-electron chi connectivity index (χ1n) is 15.2. The van der Waals surface area contributed by atoms with Crippen LogP contribution in [-0.2, 0) is 16.1 Å². The van der Waals surface area contributed by atoms with E-state index in [1.54, 1.807) is 29.1 Å². The second-order valence-electron chi connectivity index (χ2n) is 12.5. The number of likely N-dealkylation sites (tertiary alicyclic amines) is 1. The van der Waals surface area contributed by atoms with E-state index < -0.39 is 0 Å². The van der Waals surface area contributed by atoms with E-state index in [1.165, 1.54) is 12.8 Å². The average Bonchev–Trinajstić information content (AvgIpc) is 3.67. The van der Waals surface area contributed by atoms with Gasteiger partial charge in [0.05, 0.1) is 25.4 Å². The van der Waals surface area contributed by atoms with Gasteiger partial charge in [-0.15, -0.1) is 5.10 Å². The molecule has 0 bridgehead atoms. The number of methoxy groups -OCH3 is 1. The van der Waals surface area contributed by atoms with Crippen molar-refractivity contribution in [1.82, 2.24) is 29.8 Å². The van der Waals surface area contributed by atoms with Gasteiger partial charge in [0, 0.05) is 66.4 Å². The van der Waals surface area contributed by atoms with E-state index in [-0.39, 0.29) is 11.7 Å². The number of nitrogens with one attached hydrogen (secondary N) is 1. The molecule has 2 aliphatic heterocycles. The predicted octanol–water partition coefficient (Wildman–Crippen LogP) is 5.46. The first kappa shape index (κ1) is 29.6. The molecule has 0 atom stereocenters. The van der Waals surface area contributed by atoms with Gasteiger partial charge in [-0.25, -0.2) is 4.39 Å². The molecular weight excluding hydrogens is 559 g/mol. The van der Waals surface area contributed by atoms with E-state index in [1.807, 2.05) is 54.3 Å². The summed E-state index contributed by atoms with van der Waals surface area (Å²) in [7, 11) is 1.63. The second-order valence-corrected chi connectivity index (χ2v) is 12.5. The van der Waals surface area contributed by atoms with Crippen molar-refractivity contribution in [3.8, 4) is 16.9 Å². The van der Waals surface area contributed by atoms with Gasteiger partial charge >= 0.3 is 0 Å². The van der Waals surface area contributed by atoms with Crippen LogP contribution in [0.3, 0.4) is 0 Å². The van der Waals surface area contributed by atoms with Gasteiger partial charge in [0.25, 0.3) is 0 Å². The van der Waals surface area contributed by atoms with E-state index >= 15 is 4.39 Å². The maximum Gasteiger partial charge on any atom is 0.224 e. The number of aryl methyl sites for hydroxylation is 2. The smallest absolute Gasteiger partial charge is 0.224 e. The lowest BCUT2D eigenvalue weighted by Gasteiger charge is -2.57. The maximum atomic E-state index is 15.8. The molecule has 1 saturated heterocycles. The summed E-state index contributed by atoms with van der Waals surface area (Å²) < 4.78 is 23.0. The Balaban J connectivity index is 0.000000289. The van der Waals surface area contributed by atoms with Crippen LogP contribution >= 0.6 is 0 Å². The summed E-state index contributed by atoms with van der Waals surface area (Å²) in [5.41, 5.74) is 5.03. The minimum atomic E-state index is -0.301. The summed E-state index contributed by atoms with van der Waals surface area (Å²) in [4.78, 5) is 29.9. The Kier molecular flexibility index (Phi) is 8.25. The molecule has 0 unspecified atom stereocenters. The molecule has 44 heavy (non-hydrogen) atoms. The van der Waals surface area contributed by atoms with Crippen LogP contribution in [0.4, 0.5) is 4.39 Å². The number of halogens is 1. The highest BCUT2D eigenvalue weighted by atomic mass is 19.1. The van der Waals surface area contributed by atoms with E-state index in [0.717, 1.165) is 58.9 Å². The van der Waals surface area contributed by atoms with Crippen molar-refractivity contribution in [2.24, 2.45) is 11.3 Å². The highest BCUT2D eigenvalue weighted by molar-refractivity contribution is 6.00. The number of hydrogen-bond donors (Lipinski definition) is 1. The fourth-order valence-electron chi connectivity index (χ4n) is 7.16. The molecular formula is C34H39FN6O3. The molecule has 1 saturated carbocycles. The normalized spacial score (nSPS) is 17.4. The topological polar surface area (TPSA) is 96.3 Å². The van der Waals surface area contributed by atoms with Gasteiger partial charge in [0.1, 0.15) is 5.75 Å². The average molecular weight is 599 g/mol. The largest absolute Gasteiger partial charge is 0.496 e. The summed E-state index contributed by atoms with van der Waals surface area (Å²) in [5, 5.41) is 8.49. The third-order valence-corrected chi connectivity index (χ3v) is 9.05. The van der Waals surface area contributed by atoms with E-state index in [9.17, 15) is 9.59 Å². The number of fused-ring (bicyclic) bond motifs is 1. The van der Waals surface area contributed by atoms with Crippen molar-refractivity contribution in [2.45, 2.75) is 46.1 Å². The van der Waals surface area contributed by atoms with Crippen molar-refractivity contribution >= 4 is 28.8 Å². The van der Waals surface area contributed by atoms with Gasteiger partial charge in [-0.05, 0) is 61.4 Å². The third kappa shape index (κ3) is 5.85. The number of benzene rings is 2. The molecule has 1 aliphatic carbocycles. The Hall–Kier alpha value is -4.47. The summed E-state index contributed by atoms with van der Waals surface area (Å²) >= 11 is 0. The Morgan fingerprint density at radius 2 is 1.98 bits per heavy atom. The number of aromatic amines is 1. The monoisotopic (exact) mass is 598 g/mol. The number of para-hydroxylation sites is 1. The summed E-state index contributed by atoms with van der Waals surface area (Å²) in [5.74, 6) is 1.35. The lowest BCUT2D eigenvalue weighted by molar-refractivity contribution is -0.140. The van der Waals surface area contributed by atoms with Gasteiger partial charge in [-0.1, -0.05) is 36.4 Å². The molecule has 3 aliphatic rings. The van der Waals surface area contributed by atoms with Crippen molar-refractivity contribution in [2.75, 3.05) is 33.3 Å². The molecule has 2 amide bonds. The molecule has 7 rings (SSSR count). The number of amides is 2. The maximum absolute atomic E-state index is 15.8. The number of nitrogens with zero attached hydrogens (tertiary/aromatic N) is 5. The number of H-pyrrole nitrogens is 1. The van der Waals surface area contributed by atoms with E-state index in [2.05, 4.69) is 22.2 Å². The van der Waals surface area contributed by atoms with Gasteiger partial charge in [0.2, 0.25) is 12.3 Å². The van der Waals surface area contributed by atoms with Crippen LogP contribution in [0.1, 0.15) is 43.9 Å². The SMILES string of the molecule is CC1CC2(C1)CN(C=O)C2.COc1ccccc1-c1cc(C2=CCCN(C(=O)CCn3ccnn3)C2)c(F)c2[nH]c(C)cc12. The van der Waals surface area contributed by atoms with Gasteiger partial charge in [-0.3, -0.25) is 14.3 Å². The minimum Gasteiger partial charge on any atom is -0.496 e. The number of carbonyl (C=O) groups is 2. The molecule has 2 fully saturated rings. The number of aromatic nitrogens is 4. The molecule has 1 spiro atoms. The van der Waals surface area contributed by atoms with E-state index in [0.29, 0.717) is 49.0 Å². The molecule has 10 heteroatoms. The number of hydrogen-bond acceptors (Lipinski definition) is 5. The number of carbonyl (C=O) groups excluding carboxylic acids is 2. The summed E-state index contributed by atoms with van der Waals surface area (Å²) in [6, 6.07) is 11.6. The summed E-state index contributed by atoms with van der Waals surface area (Å²) in [6.45, 7) is 7.71. The molecule has 1 N–H and O–H groups in total. The van der Waals surface area contributed by atoms with Crippen LogP contribution in [-0.4, -0.2) is 75.4 Å². The Labute approximate surface area is 256 Å². The molecule has 4 heterocycles.